The summed E-state index contributed by atoms with van der Waals surface area (Å²) in [5, 5.41) is 95.9. The predicted molar refractivity (Wildman–Crippen MR) is 224 cm³/mol. The van der Waals surface area contributed by atoms with E-state index < -0.39 is 116 Å². The molecule has 0 spiro atoms. The monoisotopic (exact) mass is 910 g/mol. The summed E-state index contributed by atoms with van der Waals surface area (Å²) in [5.74, 6) is -0.634. The number of aliphatic hydroxyl groups excluding tert-OH is 8. The SMILES string of the molecule is C[C@@H]1O[C@@H](O[C@H]2[C@H](O[C@H]3CC[C@]4(C)[C@H]5CC=C6[C@@H]7CC(C)(C)CC[C@]7(C(=O)O)CC[C@@]6(C)[C@]5(C)CC[C@H]4[C@]3(C)C=O)OC[C@H](O[C@@H]3O[C@H](CO)C(O)C(O)C3O)[C@@H]2O)[C@H](O)[C@H](O)[C@H]1O. The minimum absolute atomic E-state index is 0.0277. The number of ether oxygens (including phenoxy) is 6. The number of carbonyl (C=O) groups excluding carboxylic acids is 1. The fraction of sp³-hybridized carbons (Fsp3) is 0.915. The number of aliphatic carboxylic acids is 1. The van der Waals surface area contributed by atoms with Crippen molar-refractivity contribution in [3.8, 4) is 0 Å². The first kappa shape index (κ1) is 48.8. The molecule has 0 aromatic heterocycles. The van der Waals surface area contributed by atoms with Crippen molar-refractivity contribution >= 4 is 12.3 Å². The van der Waals surface area contributed by atoms with Crippen LogP contribution in [0.4, 0.5) is 0 Å². The number of fused-ring (bicyclic) bond motifs is 7. The van der Waals surface area contributed by atoms with Gasteiger partial charge in [-0.1, -0.05) is 53.2 Å². The number of allylic oxidation sites excluding steroid dienone is 2. The van der Waals surface area contributed by atoms with Gasteiger partial charge in [0.05, 0.1) is 36.3 Å². The lowest BCUT2D eigenvalue weighted by Gasteiger charge is -2.71. The standard InChI is InChI=1S/C47H74O17/c1-22-30(50)33(53)35(55)38(60-22)64-37-32(52)26(62-39-36(56)34(54)31(51)25(19-48)61-39)20-59-40(37)63-29-11-12-43(4)27(44(29,5)21-49)10-13-46(7)28(43)9-8-23-24-18-42(2,3)14-16-47(24,41(57)58)17-15-45(23,46)6/h8,21-22,24-40,48,50-56H,9-20H2,1-7H3,(H,57,58)/t22-,24-,25+,26-,27+,28+,29-,30-,31?,32-,33+,34?,35+,36?,37+,38-,39-,40-,43-,44-,45+,46+,47-/m0/s1. The van der Waals surface area contributed by atoms with Crippen LogP contribution in [-0.4, -0.2) is 164 Å². The van der Waals surface area contributed by atoms with Crippen LogP contribution in [0.2, 0.25) is 0 Å². The molecule has 0 bridgehead atoms. The van der Waals surface area contributed by atoms with Crippen LogP contribution in [0.3, 0.4) is 0 Å². The maximum Gasteiger partial charge on any atom is 0.310 e. The van der Waals surface area contributed by atoms with Crippen molar-refractivity contribution < 1.29 is 84.0 Å². The fourth-order valence-electron chi connectivity index (χ4n) is 14.6. The van der Waals surface area contributed by atoms with E-state index in [0.29, 0.717) is 25.7 Å². The fourth-order valence-corrected chi connectivity index (χ4v) is 14.6. The molecule has 5 aliphatic carbocycles. The first-order chi connectivity index (χ1) is 29.9. The molecule has 0 amide bonds. The molecule has 17 nitrogen and oxygen atoms in total. The van der Waals surface area contributed by atoms with Crippen molar-refractivity contribution in [3.63, 3.8) is 0 Å². The van der Waals surface area contributed by atoms with E-state index in [2.05, 4.69) is 40.7 Å². The molecule has 17 heteroatoms. The smallest absolute Gasteiger partial charge is 0.310 e. The Kier molecular flexibility index (Phi) is 13.0. The highest BCUT2D eigenvalue weighted by molar-refractivity contribution is 5.76. The second-order valence-corrected chi connectivity index (χ2v) is 22.7. The van der Waals surface area contributed by atoms with Crippen LogP contribution in [0.1, 0.15) is 113 Å². The van der Waals surface area contributed by atoms with Crippen LogP contribution < -0.4 is 0 Å². The third-order valence-electron chi connectivity index (χ3n) is 18.9. The largest absolute Gasteiger partial charge is 0.481 e. The molecule has 23 atom stereocenters. The van der Waals surface area contributed by atoms with E-state index in [0.717, 1.165) is 44.8 Å². The molecule has 3 saturated heterocycles. The summed E-state index contributed by atoms with van der Waals surface area (Å²) in [6, 6.07) is 0. The van der Waals surface area contributed by atoms with Crippen molar-refractivity contribution in [2.45, 2.75) is 205 Å². The Hall–Kier alpha value is -1.68. The van der Waals surface area contributed by atoms with E-state index in [1.54, 1.807) is 0 Å². The molecule has 3 heterocycles. The number of hydrogen-bond donors (Lipinski definition) is 9. The normalized spacial score (nSPS) is 54.9. The zero-order chi connectivity index (χ0) is 46.7. The van der Waals surface area contributed by atoms with Gasteiger partial charge in [0, 0.05) is 0 Å². The van der Waals surface area contributed by atoms with Crippen LogP contribution in [0.5, 0.6) is 0 Å². The van der Waals surface area contributed by atoms with E-state index in [9.17, 15) is 55.5 Å². The summed E-state index contributed by atoms with van der Waals surface area (Å²) < 4.78 is 36.4. The summed E-state index contributed by atoms with van der Waals surface area (Å²) in [7, 11) is 0. The van der Waals surface area contributed by atoms with Crippen molar-refractivity contribution in [2.24, 2.45) is 50.2 Å². The van der Waals surface area contributed by atoms with E-state index in [4.69, 9.17) is 28.4 Å². The quantitative estimate of drug-likeness (QED) is 0.0902. The third-order valence-corrected chi connectivity index (χ3v) is 18.9. The molecule has 3 unspecified atom stereocenters. The lowest BCUT2D eigenvalue weighted by Crippen LogP contribution is -2.67. The molecule has 0 aromatic carbocycles. The lowest BCUT2D eigenvalue weighted by molar-refractivity contribution is -0.380. The van der Waals surface area contributed by atoms with Gasteiger partial charge in [0.1, 0.15) is 67.3 Å². The van der Waals surface area contributed by atoms with Gasteiger partial charge < -0.3 is 79.2 Å². The van der Waals surface area contributed by atoms with E-state index in [1.165, 1.54) is 12.5 Å². The molecule has 8 aliphatic rings. The Morgan fingerprint density at radius 3 is 2.06 bits per heavy atom. The molecule has 4 saturated carbocycles. The van der Waals surface area contributed by atoms with Crippen molar-refractivity contribution in [1.29, 1.82) is 0 Å². The van der Waals surface area contributed by atoms with Gasteiger partial charge in [-0.2, -0.15) is 0 Å². The highest BCUT2D eigenvalue weighted by Crippen LogP contribution is 2.76. The Morgan fingerprint density at radius 2 is 1.41 bits per heavy atom. The van der Waals surface area contributed by atoms with Crippen molar-refractivity contribution in [3.05, 3.63) is 11.6 Å². The number of aldehydes is 1. The molecule has 0 aromatic rings. The Labute approximate surface area is 375 Å². The van der Waals surface area contributed by atoms with Crippen LogP contribution in [0.25, 0.3) is 0 Å². The summed E-state index contributed by atoms with van der Waals surface area (Å²) >= 11 is 0. The molecule has 364 valence electrons. The van der Waals surface area contributed by atoms with Gasteiger partial charge in [0.15, 0.2) is 18.9 Å². The van der Waals surface area contributed by atoms with E-state index in [1.807, 2.05) is 6.92 Å². The maximum absolute atomic E-state index is 13.7. The minimum Gasteiger partial charge on any atom is -0.481 e. The van der Waals surface area contributed by atoms with Gasteiger partial charge >= 0.3 is 5.97 Å². The van der Waals surface area contributed by atoms with Gasteiger partial charge in [-0.15, -0.1) is 0 Å². The number of rotatable bonds is 9. The van der Waals surface area contributed by atoms with E-state index in [-0.39, 0.29) is 46.0 Å². The summed E-state index contributed by atoms with van der Waals surface area (Å²) in [6.45, 7) is 13.9. The Balaban J connectivity index is 1.06. The zero-order valence-corrected chi connectivity index (χ0v) is 38.3. The van der Waals surface area contributed by atoms with Crippen LogP contribution in [0, 0.1) is 50.2 Å². The third kappa shape index (κ3) is 7.40. The van der Waals surface area contributed by atoms with Gasteiger partial charge in [-0.25, -0.2) is 0 Å². The molecule has 7 fully saturated rings. The van der Waals surface area contributed by atoms with Crippen molar-refractivity contribution in [2.75, 3.05) is 13.2 Å². The number of hydrogen-bond acceptors (Lipinski definition) is 16. The number of carbonyl (C=O) groups is 2. The molecule has 64 heavy (non-hydrogen) atoms. The molecular formula is C47H74O17. The van der Waals surface area contributed by atoms with Crippen LogP contribution in [-0.2, 0) is 38.0 Å². The van der Waals surface area contributed by atoms with Gasteiger partial charge in [0.25, 0.3) is 0 Å². The molecule has 0 radical (unpaired) electrons. The molecular weight excluding hydrogens is 837 g/mol. The number of carboxylic acid groups (broad SMARTS) is 1. The minimum atomic E-state index is -1.79. The Morgan fingerprint density at radius 1 is 0.750 bits per heavy atom. The average Bonchev–Trinajstić information content (AvgIpc) is 3.24. The highest BCUT2D eigenvalue weighted by atomic mass is 16.8. The topological polar surface area (TPSA) is 272 Å². The second-order valence-electron chi connectivity index (χ2n) is 22.7. The van der Waals surface area contributed by atoms with Gasteiger partial charge in [0.2, 0.25) is 0 Å². The molecule has 3 aliphatic heterocycles. The zero-order valence-electron chi connectivity index (χ0n) is 38.3. The lowest BCUT2D eigenvalue weighted by atomic mass is 9.33. The summed E-state index contributed by atoms with van der Waals surface area (Å²) in [5.41, 5.74) is -1.12. The first-order valence-electron chi connectivity index (χ1n) is 23.6. The number of aliphatic hydroxyl groups is 8. The van der Waals surface area contributed by atoms with Gasteiger partial charge in [-0.05, 0) is 111 Å². The average molecular weight is 911 g/mol. The molecule has 9 N–H and O–H groups in total. The second kappa shape index (κ2) is 17.1. The van der Waals surface area contributed by atoms with Crippen LogP contribution >= 0.6 is 0 Å². The maximum atomic E-state index is 13.7. The predicted octanol–water partition coefficient (Wildman–Crippen LogP) is 1.55. The number of carboxylic acids is 1. The van der Waals surface area contributed by atoms with Gasteiger partial charge in [-0.3, -0.25) is 4.79 Å². The van der Waals surface area contributed by atoms with Crippen molar-refractivity contribution in [1.82, 2.24) is 0 Å². The molecule has 8 rings (SSSR count). The summed E-state index contributed by atoms with van der Waals surface area (Å²) in [6.07, 6.45) is -11.5. The summed E-state index contributed by atoms with van der Waals surface area (Å²) in [4.78, 5) is 26.8. The van der Waals surface area contributed by atoms with E-state index >= 15 is 0 Å². The first-order valence-corrected chi connectivity index (χ1v) is 23.6. The Bertz CT molecular complexity index is 1780. The van der Waals surface area contributed by atoms with Crippen LogP contribution in [0.15, 0.2) is 11.6 Å². The highest BCUT2D eigenvalue weighted by Gasteiger charge is 2.70.